The van der Waals surface area contributed by atoms with Crippen LogP contribution in [0, 0.1) is 0 Å². The van der Waals surface area contributed by atoms with E-state index in [4.69, 9.17) is 0 Å². The standard InChI is InChI=1S/C15H20N4O/c1-2-3-9-15(20)18-14(12-19-16-10-11-17-19)13-7-5-4-6-8-13/h4-8,10-11,14H,2-3,9,12H2,1H3,(H,18,20). The van der Waals surface area contributed by atoms with Crippen LogP contribution < -0.4 is 5.32 Å². The zero-order chi connectivity index (χ0) is 14.2. The number of unbranched alkanes of at least 4 members (excludes halogenated alkanes) is 1. The molecule has 106 valence electrons. The zero-order valence-electron chi connectivity index (χ0n) is 11.7. The second-order valence-corrected chi connectivity index (χ2v) is 4.72. The van der Waals surface area contributed by atoms with Crippen LogP contribution in [-0.4, -0.2) is 20.9 Å². The van der Waals surface area contributed by atoms with Crippen molar-refractivity contribution in [3.05, 3.63) is 48.3 Å². The summed E-state index contributed by atoms with van der Waals surface area (Å²) in [5.74, 6) is 0.0767. The lowest BCUT2D eigenvalue weighted by Crippen LogP contribution is -2.31. The number of hydrogen-bond acceptors (Lipinski definition) is 3. The van der Waals surface area contributed by atoms with Gasteiger partial charge in [-0.15, -0.1) is 0 Å². The number of carbonyl (C=O) groups excluding carboxylic acids is 1. The van der Waals surface area contributed by atoms with Crippen LogP contribution in [0.5, 0.6) is 0 Å². The Labute approximate surface area is 119 Å². The maximum atomic E-state index is 12.0. The second-order valence-electron chi connectivity index (χ2n) is 4.72. The van der Waals surface area contributed by atoms with Crippen LogP contribution in [0.1, 0.15) is 37.8 Å². The summed E-state index contributed by atoms with van der Waals surface area (Å²) < 4.78 is 0. The van der Waals surface area contributed by atoms with E-state index >= 15 is 0 Å². The highest BCUT2D eigenvalue weighted by Gasteiger charge is 2.15. The largest absolute Gasteiger partial charge is 0.347 e. The van der Waals surface area contributed by atoms with Gasteiger partial charge in [0.2, 0.25) is 5.91 Å². The molecule has 0 aliphatic rings. The number of amides is 1. The Balaban J connectivity index is 2.06. The van der Waals surface area contributed by atoms with Crippen LogP contribution in [0.4, 0.5) is 0 Å². The monoisotopic (exact) mass is 272 g/mol. The summed E-state index contributed by atoms with van der Waals surface area (Å²) in [6, 6.07) is 9.82. The molecule has 0 saturated heterocycles. The average molecular weight is 272 g/mol. The third-order valence-corrected chi connectivity index (χ3v) is 3.11. The zero-order valence-corrected chi connectivity index (χ0v) is 11.7. The maximum Gasteiger partial charge on any atom is 0.220 e. The fraction of sp³-hybridized carbons (Fsp3) is 0.400. The minimum Gasteiger partial charge on any atom is -0.347 e. The van der Waals surface area contributed by atoms with Crippen molar-refractivity contribution in [1.82, 2.24) is 20.3 Å². The molecule has 2 aromatic rings. The number of nitrogens with zero attached hydrogens (tertiary/aromatic N) is 3. The molecule has 0 spiro atoms. The van der Waals surface area contributed by atoms with Crippen molar-refractivity contribution in [2.24, 2.45) is 0 Å². The SMILES string of the molecule is CCCCC(=O)NC(Cn1nccn1)c1ccccc1. The Bertz CT molecular complexity index is 510. The van der Waals surface area contributed by atoms with E-state index in [1.54, 1.807) is 17.2 Å². The van der Waals surface area contributed by atoms with E-state index < -0.39 is 0 Å². The molecular weight excluding hydrogens is 252 g/mol. The summed E-state index contributed by atoms with van der Waals surface area (Å²) in [5, 5.41) is 11.3. The first-order chi connectivity index (χ1) is 9.79. The molecule has 0 radical (unpaired) electrons. The van der Waals surface area contributed by atoms with E-state index in [0.29, 0.717) is 13.0 Å². The highest BCUT2D eigenvalue weighted by molar-refractivity contribution is 5.76. The number of nitrogens with one attached hydrogen (secondary N) is 1. The third kappa shape index (κ3) is 4.19. The Kier molecular flexibility index (Phi) is 5.29. The first-order valence-electron chi connectivity index (χ1n) is 6.98. The maximum absolute atomic E-state index is 12.0. The van der Waals surface area contributed by atoms with Crippen molar-refractivity contribution in [2.75, 3.05) is 0 Å². The summed E-state index contributed by atoms with van der Waals surface area (Å²) in [5.41, 5.74) is 1.06. The fourth-order valence-electron chi connectivity index (χ4n) is 2.02. The predicted molar refractivity (Wildman–Crippen MR) is 76.9 cm³/mol. The molecule has 0 saturated carbocycles. The molecule has 0 fully saturated rings. The Morgan fingerprint density at radius 1 is 1.25 bits per heavy atom. The van der Waals surface area contributed by atoms with Crippen LogP contribution in [0.3, 0.4) is 0 Å². The average Bonchev–Trinajstić information content (AvgIpc) is 2.98. The smallest absolute Gasteiger partial charge is 0.220 e. The first-order valence-corrected chi connectivity index (χ1v) is 6.98. The molecule has 5 nitrogen and oxygen atoms in total. The van der Waals surface area contributed by atoms with Crippen molar-refractivity contribution < 1.29 is 4.79 Å². The highest BCUT2D eigenvalue weighted by atomic mass is 16.1. The lowest BCUT2D eigenvalue weighted by atomic mass is 10.1. The molecule has 1 aromatic carbocycles. The summed E-state index contributed by atoms with van der Waals surface area (Å²) in [6.07, 6.45) is 5.77. The van der Waals surface area contributed by atoms with E-state index in [1.807, 2.05) is 30.3 Å². The summed E-state index contributed by atoms with van der Waals surface area (Å²) in [7, 11) is 0. The molecule has 1 aromatic heterocycles. The lowest BCUT2D eigenvalue weighted by molar-refractivity contribution is -0.122. The number of carbonyl (C=O) groups is 1. The molecule has 2 rings (SSSR count). The minimum atomic E-state index is -0.104. The third-order valence-electron chi connectivity index (χ3n) is 3.11. The predicted octanol–water partition coefficient (Wildman–Crippen LogP) is 2.33. The van der Waals surface area contributed by atoms with Gasteiger partial charge in [-0.1, -0.05) is 43.7 Å². The summed E-state index contributed by atoms with van der Waals surface area (Å²) in [6.45, 7) is 2.62. The van der Waals surface area contributed by atoms with Gasteiger partial charge in [0.25, 0.3) is 0 Å². The second kappa shape index (κ2) is 7.43. The molecule has 0 bridgehead atoms. The number of hydrogen-bond donors (Lipinski definition) is 1. The van der Waals surface area contributed by atoms with E-state index in [-0.39, 0.29) is 11.9 Å². The molecule has 0 aliphatic carbocycles. The molecule has 1 unspecified atom stereocenters. The van der Waals surface area contributed by atoms with Gasteiger partial charge in [-0.3, -0.25) is 4.79 Å². The summed E-state index contributed by atoms with van der Waals surface area (Å²) >= 11 is 0. The first kappa shape index (κ1) is 14.2. The number of rotatable bonds is 7. The van der Waals surface area contributed by atoms with Crippen molar-refractivity contribution in [3.8, 4) is 0 Å². The Morgan fingerprint density at radius 3 is 2.60 bits per heavy atom. The lowest BCUT2D eigenvalue weighted by Gasteiger charge is -2.18. The van der Waals surface area contributed by atoms with Crippen molar-refractivity contribution in [2.45, 2.75) is 38.8 Å². The molecule has 1 N–H and O–H groups in total. The van der Waals surface area contributed by atoms with E-state index in [9.17, 15) is 4.79 Å². The van der Waals surface area contributed by atoms with Crippen LogP contribution >= 0.6 is 0 Å². The molecular formula is C15H20N4O. The van der Waals surface area contributed by atoms with E-state index in [1.165, 1.54) is 0 Å². The van der Waals surface area contributed by atoms with Crippen molar-refractivity contribution in [1.29, 1.82) is 0 Å². The molecule has 1 amide bonds. The van der Waals surface area contributed by atoms with Crippen molar-refractivity contribution in [3.63, 3.8) is 0 Å². The van der Waals surface area contributed by atoms with Gasteiger partial charge in [0, 0.05) is 6.42 Å². The summed E-state index contributed by atoms with van der Waals surface area (Å²) in [4.78, 5) is 13.5. The van der Waals surface area contributed by atoms with Gasteiger partial charge in [0.15, 0.2) is 0 Å². The number of aromatic nitrogens is 3. The fourth-order valence-corrected chi connectivity index (χ4v) is 2.02. The van der Waals surface area contributed by atoms with Crippen LogP contribution in [0.25, 0.3) is 0 Å². The van der Waals surface area contributed by atoms with E-state index in [0.717, 1.165) is 18.4 Å². The van der Waals surface area contributed by atoms with Gasteiger partial charge < -0.3 is 5.32 Å². The van der Waals surface area contributed by atoms with Gasteiger partial charge in [0.1, 0.15) is 0 Å². The van der Waals surface area contributed by atoms with Gasteiger partial charge in [-0.25, -0.2) is 0 Å². The van der Waals surface area contributed by atoms with Crippen molar-refractivity contribution >= 4 is 5.91 Å². The highest BCUT2D eigenvalue weighted by Crippen LogP contribution is 2.14. The Hall–Kier alpha value is -2.17. The van der Waals surface area contributed by atoms with Crippen LogP contribution in [0.15, 0.2) is 42.7 Å². The number of benzene rings is 1. The Morgan fingerprint density at radius 2 is 1.95 bits per heavy atom. The van der Waals surface area contributed by atoms with Gasteiger partial charge in [0.05, 0.1) is 25.0 Å². The molecule has 0 aliphatic heterocycles. The topological polar surface area (TPSA) is 59.8 Å². The molecule has 1 heterocycles. The minimum absolute atomic E-state index is 0.0767. The molecule has 1 atom stereocenters. The van der Waals surface area contributed by atoms with Crippen LogP contribution in [-0.2, 0) is 11.3 Å². The van der Waals surface area contributed by atoms with Gasteiger partial charge in [-0.2, -0.15) is 15.0 Å². The normalized spacial score (nSPS) is 12.1. The van der Waals surface area contributed by atoms with E-state index in [2.05, 4.69) is 22.4 Å². The van der Waals surface area contributed by atoms with Gasteiger partial charge >= 0.3 is 0 Å². The molecule has 5 heteroatoms. The quantitative estimate of drug-likeness (QED) is 0.841. The van der Waals surface area contributed by atoms with Gasteiger partial charge in [-0.05, 0) is 12.0 Å². The van der Waals surface area contributed by atoms with Crippen LogP contribution in [0.2, 0.25) is 0 Å². The molecule has 20 heavy (non-hydrogen) atoms.